The predicted molar refractivity (Wildman–Crippen MR) is 121 cm³/mol. The van der Waals surface area contributed by atoms with Crippen LogP contribution in [0.1, 0.15) is 26.3 Å². The Morgan fingerprint density at radius 3 is 2.46 bits per heavy atom. The molecule has 0 aromatic heterocycles. The van der Waals surface area contributed by atoms with Crippen LogP contribution in [0.4, 0.5) is 0 Å². The first kappa shape index (κ1) is 23.5. The van der Waals surface area contributed by atoms with E-state index in [4.69, 9.17) is 21.3 Å². The number of benzene rings is 1. The molecular weight excluding hydrogens is 463 g/mol. The van der Waals surface area contributed by atoms with Gasteiger partial charge in [-0.1, -0.05) is 37.6 Å². The number of nitrogens with one attached hydrogen (secondary N) is 2. The molecule has 0 saturated carbocycles. The SMILES string of the molecule is CCNC(=NCC(C)(C)c1ccc(Cl)cc1)NCCN1CCOCC1.I. The van der Waals surface area contributed by atoms with Gasteiger partial charge in [-0.2, -0.15) is 0 Å². The lowest BCUT2D eigenvalue weighted by Crippen LogP contribution is -2.44. The second kappa shape index (κ2) is 12.0. The summed E-state index contributed by atoms with van der Waals surface area (Å²) in [6, 6.07) is 8.04. The molecule has 1 heterocycles. The molecule has 1 aromatic rings. The molecule has 0 radical (unpaired) electrons. The lowest BCUT2D eigenvalue weighted by molar-refractivity contribution is 0.0389. The van der Waals surface area contributed by atoms with Gasteiger partial charge in [0, 0.05) is 43.2 Å². The highest BCUT2D eigenvalue weighted by Crippen LogP contribution is 2.24. The Hall–Kier alpha value is -0.570. The van der Waals surface area contributed by atoms with Gasteiger partial charge in [0.25, 0.3) is 0 Å². The van der Waals surface area contributed by atoms with Gasteiger partial charge in [0.05, 0.1) is 19.8 Å². The molecule has 2 rings (SSSR count). The zero-order chi connectivity index (χ0) is 18.1. The molecule has 0 aliphatic carbocycles. The molecule has 0 spiro atoms. The summed E-state index contributed by atoms with van der Waals surface area (Å²) in [5, 5.41) is 7.53. The van der Waals surface area contributed by atoms with Crippen LogP contribution >= 0.6 is 35.6 Å². The Morgan fingerprint density at radius 1 is 1.19 bits per heavy atom. The minimum absolute atomic E-state index is 0. The third kappa shape index (κ3) is 7.98. The van der Waals surface area contributed by atoms with Crippen LogP contribution in [0.5, 0.6) is 0 Å². The van der Waals surface area contributed by atoms with Crippen LogP contribution in [0.25, 0.3) is 0 Å². The molecule has 0 unspecified atom stereocenters. The van der Waals surface area contributed by atoms with Crippen molar-refractivity contribution in [3.8, 4) is 0 Å². The van der Waals surface area contributed by atoms with Crippen LogP contribution in [-0.2, 0) is 10.2 Å². The van der Waals surface area contributed by atoms with Crippen molar-refractivity contribution in [2.24, 2.45) is 4.99 Å². The molecule has 0 bridgehead atoms. The lowest BCUT2D eigenvalue weighted by Gasteiger charge is -2.27. The average Bonchev–Trinajstić information content (AvgIpc) is 2.61. The Labute approximate surface area is 179 Å². The summed E-state index contributed by atoms with van der Waals surface area (Å²) >= 11 is 5.99. The highest BCUT2D eigenvalue weighted by Gasteiger charge is 2.20. The summed E-state index contributed by atoms with van der Waals surface area (Å²) in [5.41, 5.74) is 1.20. The zero-order valence-electron chi connectivity index (χ0n) is 16.1. The summed E-state index contributed by atoms with van der Waals surface area (Å²) in [7, 11) is 0. The minimum atomic E-state index is -0.0445. The second-order valence-corrected chi connectivity index (χ2v) is 7.40. The molecule has 2 N–H and O–H groups in total. The normalized spacial score (nSPS) is 16.1. The fourth-order valence-electron chi connectivity index (χ4n) is 2.77. The van der Waals surface area contributed by atoms with E-state index < -0.39 is 0 Å². The first-order valence-corrected chi connectivity index (χ1v) is 9.47. The van der Waals surface area contributed by atoms with Crippen molar-refractivity contribution in [3.63, 3.8) is 0 Å². The predicted octanol–water partition coefficient (Wildman–Crippen LogP) is 3.12. The maximum absolute atomic E-state index is 5.99. The fourth-order valence-corrected chi connectivity index (χ4v) is 2.89. The highest BCUT2D eigenvalue weighted by atomic mass is 127. The van der Waals surface area contributed by atoms with E-state index in [2.05, 4.69) is 48.4 Å². The molecule has 5 nitrogen and oxygen atoms in total. The standard InChI is InChI=1S/C19H31ClN4O.HI/c1-4-21-18(22-9-10-24-11-13-25-14-12-24)23-15-19(2,3)16-5-7-17(20)8-6-16;/h5-8H,4,9-15H2,1-3H3,(H2,21,22,23);1H. The number of hydrogen-bond acceptors (Lipinski definition) is 3. The number of guanidine groups is 1. The molecular formula is C19H32ClIN4O. The van der Waals surface area contributed by atoms with Crippen molar-refractivity contribution < 1.29 is 4.74 Å². The first-order chi connectivity index (χ1) is 12.0. The van der Waals surface area contributed by atoms with E-state index >= 15 is 0 Å². The van der Waals surface area contributed by atoms with E-state index in [0.717, 1.165) is 56.9 Å². The van der Waals surface area contributed by atoms with Crippen LogP contribution in [0.2, 0.25) is 5.02 Å². The molecule has 148 valence electrons. The summed E-state index contributed by atoms with van der Waals surface area (Å²) in [6.07, 6.45) is 0. The Balaban J connectivity index is 0.00000338. The van der Waals surface area contributed by atoms with Crippen molar-refractivity contribution in [2.45, 2.75) is 26.2 Å². The molecule has 1 aliphatic heterocycles. The van der Waals surface area contributed by atoms with E-state index in [1.165, 1.54) is 5.56 Å². The fraction of sp³-hybridized carbons (Fsp3) is 0.632. The van der Waals surface area contributed by atoms with Crippen LogP contribution < -0.4 is 10.6 Å². The maximum atomic E-state index is 5.99. The van der Waals surface area contributed by atoms with Gasteiger partial charge < -0.3 is 15.4 Å². The molecule has 1 aliphatic rings. The monoisotopic (exact) mass is 494 g/mol. The van der Waals surface area contributed by atoms with Gasteiger partial charge in [-0.05, 0) is 24.6 Å². The molecule has 1 fully saturated rings. The van der Waals surface area contributed by atoms with Gasteiger partial charge in [-0.15, -0.1) is 24.0 Å². The van der Waals surface area contributed by atoms with Gasteiger partial charge in [0.15, 0.2) is 5.96 Å². The van der Waals surface area contributed by atoms with Crippen LogP contribution in [-0.4, -0.2) is 63.3 Å². The summed E-state index contributed by atoms with van der Waals surface area (Å²) in [6.45, 7) is 13.6. The van der Waals surface area contributed by atoms with Crippen molar-refractivity contribution >= 4 is 41.5 Å². The van der Waals surface area contributed by atoms with Gasteiger partial charge >= 0.3 is 0 Å². The lowest BCUT2D eigenvalue weighted by atomic mass is 9.85. The van der Waals surface area contributed by atoms with E-state index in [0.29, 0.717) is 6.54 Å². The topological polar surface area (TPSA) is 48.9 Å². The third-order valence-corrected chi connectivity index (χ3v) is 4.68. The molecule has 7 heteroatoms. The van der Waals surface area contributed by atoms with E-state index in [1.54, 1.807) is 0 Å². The quantitative estimate of drug-likeness (QED) is 0.347. The third-order valence-electron chi connectivity index (χ3n) is 4.43. The van der Waals surface area contributed by atoms with Gasteiger partial charge in [0.1, 0.15) is 0 Å². The number of nitrogens with zero attached hydrogens (tertiary/aromatic N) is 2. The Kier molecular flexibility index (Phi) is 10.8. The molecule has 0 amide bonds. The van der Waals surface area contributed by atoms with E-state index in [9.17, 15) is 0 Å². The van der Waals surface area contributed by atoms with Crippen molar-refractivity contribution in [1.82, 2.24) is 15.5 Å². The van der Waals surface area contributed by atoms with Crippen molar-refractivity contribution in [2.75, 3.05) is 52.5 Å². The first-order valence-electron chi connectivity index (χ1n) is 9.09. The van der Waals surface area contributed by atoms with E-state index in [1.807, 2.05) is 12.1 Å². The zero-order valence-corrected chi connectivity index (χ0v) is 19.1. The maximum Gasteiger partial charge on any atom is 0.191 e. The van der Waals surface area contributed by atoms with Crippen molar-refractivity contribution in [3.05, 3.63) is 34.9 Å². The number of morpholine rings is 1. The highest BCUT2D eigenvalue weighted by molar-refractivity contribution is 14.0. The Bertz CT molecular complexity index is 545. The molecule has 1 saturated heterocycles. The van der Waals surface area contributed by atoms with Crippen LogP contribution in [0.15, 0.2) is 29.3 Å². The molecule has 1 aromatic carbocycles. The van der Waals surface area contributed by atoms with Gasteiger partial charge in [0.2, 0.25) is 0 Å². The number of rotatable bonds is 7. The minimum Gasteiger partial charge on any atom is -0.379 e. The van der Waals surface area contributed by atoms with Gasteiger partial charge in [-0.25, -0.2) is 0 Å². The summed E-state index contributed by atoms with van der Waals surface area (Å²) < 4.78 is 5.38. The largest absolute Gasteiger partial charge is 0.379 e. The smallest absolute Gasteiger partial charge is 0.191 e. The average molecular weight is 495 g/mol. The Morgan fingerprint density at radius 2 is 1.85 bits per heavy atom. The van der Waals surface area contributed by atoms with Crippen LogP contribution in [0, 0.1) is 0 Å². The number of hydrogen-bond donors (Lipinski definition) is 2. The summed E-state index contributed by atoms with van der Waals surface area (Å²) in [5.74, 6) is 0.873. The molecule has 0 atom stereocenters. The number of halogens is 2. The number of aliphatic imine (C=N–C) groups is 1. The number of ether oxygens (including phenoxy) is 1. The molecule has 26 heavy (non-hydrogen) atoms. The second-order valence-electron chi connectivity index (χ2n) is 6.97. The van der Waals surface area contributed by atoms with Crippen LogP contribution in [0.3, 0.4) is 0 Å². The van der Waals surface area contributed by atoms with Gasteiger partial charge in [-0.3, -0.25) is 9.89 Å². The van der Waals surface area contributed by atoms with E-state index in [-0.39, 0.29) is 29.4 Å². The summed E-state index contributed by atoms with van der Waals surface area (Å²) in [4.78, 5) is 7.20. The van der Waals surface area contributed by atoms with Crippen molar-refractivity contribution in [1.29, 1.82) is 0 Å².